The lowest BCUT2D eigenvalue weighted by molar-refractivity contribution is 0.590. The molecule has 0 N–H and O–H groups in total. The van der Waals surface area contributed by atoms with Crippen molar-refractivity contribution in [2.45, 2.75) is 52.4 Å². The Bertz CT molecular complexity index is 6400. The number of nitrogens with zero attached hydrogens (tertiary/aromatic N) is 4. The number of hydrogen-bond acceptors (Lipinski definition) is 2. The molecular formula is C110H87BN4Si2. The molecule has 558 valence electrons. The lowest BCUT2D eigenvalue weighted by Gasteiger charge is -2.46. The maximum Gasteiger partial charge on any atom is 0.252 e. The molecule has 0 spiro atoms. The van der Waals surface area contributed by atoms with Crippen LogP contribution in [0.4, 0.5) is 34.1 Å². The van der Waals surface area contributed by atoms with Gasteiger partial charge in [0, 0.05) is 78.2 Å². The number of aromatic nitrogens is 2. The molecule has 2 aliphatic rings. The predicted molar refractivity (Wildman–Crippen MR) is 505 cm³/mol. The van der Waals surface area contributed by atoms with E-state index in [-0.39, 0.29) is 17.5 Å². The molecule has 117 heavy (non-hydrogen) atoms. The first-order chi connectivity index (χ1) is 57.4. The van der Waals surface area contributed by atoms with Crippen LogP contribution in [-0.2, 0) is 10.8 Å². The van der Waals surface area contributed by atoms with Crippen LogP contribution in [0.25, 0.3) is 77.2 Å². The van der Waals surface area contributed by atoms with E-state index in [4.69, 9.17) is 0 Å². The van der Waals surface area contributed by atoms with Gasteiger partial charge in [0.2, 0.25) is 0 Å². The van der Waals surface area contributed by atoms with Crippen molar-refractivity contribution in [1.29, 1.82) is 0 Å². The average Bonchev–Trinajstić information content (AvgIpc) is 1.47. The molecular weight excluding hydrogens is 1440 g/mol. The van der Waals surface area contributed by atoms with Gasteiger partial charge in [-0.25, -0.2) is 0 Å². The Morgan fingerprint density at radius 3 is 0.872 bits per heavy atom. The molecule has 0 aliphatic carbocycles. The van der Waals surface area contributed by atoms with Crippen molar-refractivity contribution < 1.29 is 0 Å². The van der Waals surface area contributed by atoms with Gasteiger partial charge in [0.1, 0.15) is 0 Å². The summed E-state index contributed by atoms with van der Waals surface area (Å²) in [6.07, 6.45) is 0. The molecule has 0 bridgehead atoms. The molecule has 0 fully saturated rings. The minimum atomic E-state index is -3.31. The third-order valence-electron chi connectivity index (χ3n) is 25.3. The highest BCUT2D eigenvalue weighted by Gasteiger charge is 2.50. The molecule has 2 aromatic heterocycles. The van der Waals surface area contributed by atoms with Gasteiger partial charge in [0.05, 0.1) is 22.1 Å². The highest BCUT2D eigenvalue weighted by molar-refractivity contribution is 7.21. The minimum absolute atomic E-state index is 0.00147. The zero-order chi connectivity index (χ0) is 78.7. The molecule has 4 heterocycles. The maximum atomic E-state index is 2.72. The van der Waals surface area contributed by atoms with E-state index in [9.17, 15) is 0 Å². The van der Waals surface area contributed by atoms with E-state index in [2.05, 4.69) is 479 Å². The third-order valence-corrected chi connectivity index (χ3v) is 35.0. The highest BCUT2D eigenvalue weighted by atomic mass is 28.3. The molecule has 0 radical (unpaired) electrons. The second-order valence-corrected chi connectivity index (χ2v) is 41.3. The number of para-hydroxylation sites is 6. The summed E-state index contributed by atoms with van der Waals surface area (Å²) in [5.74, 6) is 0. The van der Waals surface area contributed by atoms with Crippen LogP contribution in [-0.4, -0.2) is 32.0 Å². The van der Waals surface area contributed by atoms with E-state index in [1.54, 1.807) is 0 Å². The van der Waals surface area contributed by atoms with Gasteiger partial charge in [-0.2, -0.15) is 0 Å². The van der Waals surface area contributed by atoms with Crippen LogP contribution in [0.3, 0.4) is 0 Å². The summed E-state index contributed by atoms with van der Waals surface area (Å²) in [6.45, 7) is 13.5. The van der Waals surface area contributed by atoms with Gasteiger partial charge in [0.25, 0.3) is 6.71 Å². The first-order valence-electron chi connectivity index (χ1n) is 41.2. The fraction of sp³-hybridized carbons (Fsp3) is 0.0727. The summed E-state index contributed by atoms with van der Waals surface area (Å²) in [5.41, 5.74) is 24.7. The molecule has 19 aromatic rings. The van der Waals surface area contributed by atoms with Crippen LogP contribution in [0.1, 0.15) is 52.7 Å². The number of benzene rings is 17. The topological polar surface area (TPSA) is 16.3 Å². The van der Waals surface area contributed by atoms with Crippen LogP contribution < -0.4 is 67.7 Å². The summed E-state index contributed by atoms with van der Waals surface area (Å²) in [7, 11) is -6.62. The standard InChI is InChI=1S/C110H87BN4Si2/c1-109(2,3)78-66-62-76(63-67-78)88-50-33-52-92-90-48-25-27-54-96(90)112(107(88)92)80-70-72-94-102(74-80)114(98-56-29-31-60-104(98)116(82-36-13-7-14-37-82,83-38-15-8-16-39-83)84-40-17-9-18-41-84)100-58-35-59-101-106(100)111(94)95-73-71-81(113-97-55-28-26-49-91(97)93-53-34-51-89(108(93)113)77-64-68-79(69-65-77)110(4,5)6)75-103(95)115(101)99-57-30-32-61-105(99)117(85-42-19-10-20-43-85,86-44-21-11-22-45-86)87-46-23-12-24-47-87/h7-75H,1-6H3. The van der Waals surface area contributed by atoms with Crippen molar-refractivity contribution in [3.63, 3.8) is 0 Å². The van der Waals surface area contributed by atoms with E-state index in [1.165, 1.54) is 124 Å². The minimum Gasteiger partial charge on any atom is -0.311 e. The molecule has 0 atom stereocenters. The van der Waals surface area contributed by atoms with E-state index < -0.39 is 16.1 Å². The fourth-order valence-corrected chi connectivity index (χ4v) is 29.9. The Morgan fingerprint density at radius 2 is 0.530 bits per heavy atom. The van der Waals surface area contributed by atoms with Gasteiger partial charge in [-0.05, 0) is 152 Å². The summed E-state index contributed by atoms with van der Waals surface area (Å²) < 4.78 is 5.15. The van der Waals surface area contributed by atoms with Crippen molar-refractivity contribution >= 4 is 158 Å². The van der Waals surface area contributed by atoms with Gasteiger partial charge in [-0.1, -0.05) is 399 Å². The van der Waals surface area contributed by atoms with E-state index in [0.29, 0.717) is 0 Å². The molecule has 7 heteroatoms. The number of anilines is 6. The second-order valence-electron chi connectivity index (χ2n) is 33.8. The highest BCUT2D eigenvalue weighted by Crippen LogP contribution is 2.48. The second kappa shape index (κ2) is 28.2. The number of rotatable bonds is 14. The van der Waals surface area contributed by atoms with Crippen molar-refractivity contribution in [2.75, 3.05) is 9.80 Å². The summed E-state index contributed by atoms with van der Waals surface area (Å²) in [6, 6.07) is 161. The summed E-state index contributed by atoms with van der Waals surface area (Å²) in [4.78, 5) is 5.43. The van der Waals surface area contributed by atoms with Crippen LogP contribution in [0.15, 0.2) is 419 Å². The van der Waals surface area contributed by atoms with Crippen LogP contribution in [0.2, 0.25) is 0 Å². The Hall–Kier alpha value is -13.6. The SMILES string of the molecule is CC(C)(C)c1ccc(-c2cccc3c4ccccc4n(-c4ccc5c(c4)N(c4ccccc4[Si](c4ccccc4)(c4ccccc4)c4ccccc4)c4cccc6c4B5c4ccc(-n5c7ccccc7c7cccc(-c8ccc(C(C)(C)C)cc8)c75)cc4N6c4ccccc4[Si](c4ccccc4)(c4ccccc4)c4ccccc4)c23)cc1. The first kappa shape index (κ1) is 71.2. The van der Waals surface area contributed by atoms with Crippen molar-refractivity contribution in [3.05, 3.63) is 430 Å². The Kier molecular flexibility index (Phi) is 17.2. The van der Waals surface area contributed by atoms with Crippen molar-refractivity contribution in [2.24, 2.45) is 0 Å². The van der Waals surface area contributed by atoms with Gasteiger partial charge < -0.3 is 18.9 Å². The molecule has 17 aromatic carbocycles. The van der Waals surface area contributed by atoms with E-state index in [1.807, 2.05) is 0 Å². The quantitative estimate of drug-likeness (QED) is 0.0797. The maximum absolute atomic E-state index is 3.31. The normalized spacial score (nSPS) is 12.8. The summed E-state index contributed by atoms with van der Waals surface area (Å²) in [5, 5.41) is 15.3. The Labute approximate surface area is 688 Å². The lowest BCUT2D eigenvalue weighted by Crippen LogP contribution is -2.75. The number of fused-ring (bicyclic) bond motifs is 10. The van der Waals surface area contributed by atoms with Gasteiger partial charge in [-0.15, -0.1) is 0 Å². The van der Waals surface area contributed by atoms with E-state index >= 15 is 0 Å². The molecule has 0 amide bonds. The predicted octanol–water partition coefficient (Wildman–Crippen LogP) is 20.6. The summed E-state index contributed by atoms with van der Waals surface area (Å²) >= 11 is 0. The molecule has 21 rings (SSSR count). The number of hydrogen-bond donors (Lipinski definition) is 0. The van der Waals surface area contributed by atoms with E-state index in [0.717, 1.165) is 56.5 Å². The lowest BCUT2D eigenvalue weighted by atomic mass is 9.33. The zero-order valence-electron chi connectivity index (χ0n) is 66.7. The van der Waals surface area contributed by atoms with Gasteiger partial charge in [0.15, 0.2) is 16.1 Å². The van der Waals surface area contributed by atoms with Gasteiger partial charge in [-0.3, -0.25) is 0 Å². The largest absolute Gasteiger partial charge is 0.311 e. The fourth-order valence-electron chi connectivity index (χ4n) is 20.1. The first-order valence-corrected chi connectivity index (χ1v) is 45.2. The molecule has 2 aliphatic heterocycles. The Morgan fingerprint density at radius 1 is 0.239 bits per heavy atom. The molecule has 0 saturated heterocycles. The van der Waals surface area contributed by atoms with Crippen molar-refractivity contribution in [1.82, 2.24) is 9.13 Å². The van der Waals surface area contributed by atoms with Gasteiger partial charge >= 0.3 is 0 Å². The van der Waals surface area contributed by atoms with Crippen LogP contribution >= 0.6 is 0 Å². The van der Waals surface area contributed by atoms with Crippen molar-refractivity contribution in [3.8, 4) is 33.6 Å². The third kappa shape index (κ3) is 11.3. The molecule has 4 nitrogen and oxygen atoms in total. The van der Waals surface area contributed by atoms with Crippen LogP contribution in [0.5, 0.6) is 0 Å². The van der Waals surface area contributed by atoms with Crippen LogP contribution in [0, 0.1) is 0 Å². The molecule has 0 saturated carbocycles. The monoisotopic (exact) mass is 1530 g/mol. The zero-order valence-corrected chi connectivity index (χ0v) is 68.7. The Balaban J connectivity index is 0.893. The smallest absolute Gasteiger partial charge is 0.252 e. The molecule has 0 unspecified atom stereocenters. The average molecular weight is 1530 g/mol.